The standard InChI is InChI=1S/C18H22ClN3O2/c1-22(13-8-10-20-11-9-13)18(23)7-6-17-21-12-16(24-17)14-4-2-3-5-15(14)19/h2-5,12-13,20H,6-11H2,1H3. The van der Waals surface area contributed by atoms with E-state index in [1.165, 1.54) is 0 Å². The van der Waals surface area contributed by atoms with Crippen LogP contribution in [-0.4, -0.2) is 42.0 Å². The van der Waals surface area contributed by atoms with Gasteiger partial charge in [0.2, 0.25) is 5.91 Å². The van der Waals surface area contributed by atoms with Crippen molar-refractivity contribution in [3.63, 3.8) is 0 Å². The van der Waals surface area contributed by atoms with Crippen molar-refractivity contribution in [1.29, 1.82) is 0 Å². The van der Waals surface area contributed by atoms with Gasteiger partial charge < -0.3 is 14.6 Å². The minimum Gasteiger partial charge on any atom is -0.441 e. The predicted molar refractivity (Wildman–Crippen MR) is 93.9 cm³/mol. The molecule has 24 heavy (non-hydrogen) atoms. The average molecular weight is 348 g/mol. The van der Waals surface area contributed by atoms with Gasteiger partial charge in [-0.2, -0.15) is 0 Å². The number of aromatic nitrogens is 1. The van der Waals surface area contributed by atoms with Gasteiger partial charge in [-0.3, -0.25) is 4.79 Å². The molecule has 0 unspecified atom stereocenters. The van der Waals surface area contributed by atoms with Gasteiger partial charge in [-0.05, 0) is 38.1 Å². The molecular weight excluding hydrogens is 326 g/mol. The number of rotatable bonds is 5. The smallest absolute Gasteiger partial charge is 0.223 e. The van der Waals surface area contributed by atoms with Crippen LogP contribution in [-0.2, 0) is 11.2 Å². The fourth-order valence-corrected chi connectivity index (χ4v) is 3.23. The Morgan fingerprint density at radius 3 is 2.88 bits per heavy atom. The van der Waals surface area contributed by atoms with Crippen molar-refractivity contribution in [2.75, 3.05) is 20.1 Å². The topological polar surface area (TPSA) is 58.4 Å². The van der Waals surface area contributed by atoms with E-state index in [2.05, 4.69) is 10.3 Å². The minimum atomic E-state index is 0.138. The van der Waals surface area contributed by atoms with Crippen LogP contribution in [0.25, 0.3) is 11.3 Å². The van der Waals surface area contributed by atoms with Crippen LogP contribution in [0.4, 0.5) is 0 Å². The number of nitrogens with zero attached hydrogens (tertiary/aromatic N) is 2. The second-order valence-electron chi connectivity index (χ2n) is 6.08. The summed E-state index contributed by atoms with van der Waals surface area (Å²) in [5.41, 5.74) is 0.816. The maximum atomic E-state index is 12.4. The van der Waals surface area contributed by atoms with Gasteiger partial charge in [0.25, 0.3) is 0 Å². The van der Waals surface area contributed by atoms with Crippen LogP contribution >= 0.6 is 11.6 Å². The molecule has 0 saturated carbocycles. The van der Waals surface area contributed by atoms with E-state index in [9.17, 15) is 4.79 Å². The van der Waals surface area contributed by atoms with Crippen LogP contribution in [0.5, 0.6) is 0 Å². The van der Waals surface area contributed by atoms with Crippen LogP contribution < -0.4 is 5.32 Å². The highest BCUT2D eigenvalue weighted by molar-refractivity contribution is 6.33. The summed E-state index contributed by atoms with van der Waals surface area (Å²) in [5.74, 6) is 1.34. The number of benzene rings is 1. The molecule has 6 heteroatoms. The van der Waals surface area contributed by atoms with Gasteiger partial charge in [0.1, 0.15) is 0 Å². The molecule has 1 amide bonds. The van der Waals surface area contributed by atoms with Gasteiger partial charge in [0.15, 0.2) is 11.7 Å². The minimum absolute atomic E-state index is 0.138. The third-order valence-corrected chi connectivity index (χ3v) is 4.82. The number of amides is 1. The summed E-state index contributed by atoms with van der Waals surface area (Å²) < 4.78 is 5.75. The molecule has 0 spiro atoms. The monoisotopic (exact) mass is 347 g/mol. The van der Waals surface area contributed by atoms with Crippen LogP contribution in [0, 0.1) is 0 Å². The summed E-state index contributed by atoms with van der Waals surface area (Å²) in [5, 5.41) is 3.94. The summed E-state index contributed by atoms with van der Waals surface area (Å²) >= 11 is 6.17. The van der Waals surface area contributed by atoms with E-state index >= 15 is 0 Å². The molecule has 1 fully saturated rings. The summed E-state index contributed by atoms with van der Waals surface area (Å²) in [6.07, 6.45) is 4.59. The predicted octanol–water partition coefficient (Wildman–Crippen LogP) is 3.14. The molecule has 1 N–H and O–H groups in total. The van der Waals surface area contributed by atoms with Crippen LogP contribution in [0.1, 0.15) is 25.2 Å². The summed E-state index contributed by atoms with van der Waals surface area (Å²) in [4.78, 5) is 18.5. The molecule has 128 valence electrons. The molecule has 1 aliphatic heterocycles. The first-order valence-corrected chi connectivity index (χ1v) is 8.69. The molecule has 0 atom stereocenters. The van der Waals surface area contributed by atoms with E-state index in [0.29, 0.717) is 35.6 Å². The van der Waals surface area contributed by atoms with Gasteiger partial charge in [-0.15, -0.1) is 0 Å². The molecule has 5 nitrogen and oxygen atoms in total. The van der Waals surface area contributed by atoms with Crippen LogP contribution in [0.3, 0.4) is 0 Å². The zero-order valence-electron chi connectivity index (χ0n) is 13.8. The molecule has 1 aromatic heterocycles. The van der Waals surface area contributed by atoms with Gasteiger partial charge >= 0.3 is 0 Å². The van der Waals surface area contributed by atoms with E-state index in [1.54, 1.807) is 6.20 Å². The van der Waals surface area contributed by atoms with Crippen LogP contribution in [0.2, 0.25) is 5.02 Å². The lowest BCUT2D eigenvalue weighted by Gasteiger charge is -2.31. The zero-order chi connectivity index (χ0) is 16.9. The maximum Gasteiger partial charge on any atom is 0.223 e. The van der Waals surface area contributed by atoms with E-state index in [-0.39, 0.29) is 5.91 Å². The molecule has 1 aromatic carbocycles. The SMILES string of the molecule is CN(C(=O)CCc1ncc(-c2ccccc2Cl)o1)C1CCNCC1. The highest BCUT2D eigenvalue weighted by Gasteiger charge is 2.22. The highest BCUT2D eigenvalue weighted by Crippen LogP contribution is 2.28. The Balaban J connectivity index is 1.57. The highest BCUT2D eigenvalue weighted by atomic mass is 35.5. The summed E-state index contributed by atoms with van der Waals surface area (Å²) in [6.45, 7) is 1.95. The van der Waals surface area contributed by atoms with Crippen molar-refractivity contribution in [2.24, 2.45) is 0 Å². The Kier molecular flexibility index (Phi) is 5.53. The maximum absolute atomic E-state index is 12.4. The largest absolute Gasteiger partial charge is 0.441 e. The number of piperidine rings is 1. The Bertz CT molecular complexity index is 695. The first kappa shape index (κ1) is 17.0. The van der Waals surface area contributed by atoms with Crippen molar-refractivity contribution >= 4 is 17.5 Å². The third kappa shape index (κ3) is 3.97. The van der Waals surface area contributed by atoms with E-state index < -0.39 is 0 Å². The molecule has 2 aromatic rings. The summed E-state index contributed by atoms with van der Waals surface area (Å²) in [7, 11) is 1.89. The van der Waals surface area contributed by atoms with Crippen LogP contribution in [0.15, 0.2) is 34.9 Å². The number of halogens is 1. The number of hydrogen-bond donors (Lipinski definition) is 1. The lowest BCUT2D eigenvalue weighted by atomic mass is 10.0. The molecule has 0 bridgehead atoms. The molecule has 1 saturated heterocycles. The lowest BCUT2D eigenvalue weighted by molar-refractivity contribution is -0.132. The Morgan fingerprint density at radius 2 is 2.12 bits per heavy atom. The molecule has 2 heterocycles. The van der Waals surface area contributed by atoms with E-state index in [0.717, 1.165) is 31.5 Å². The second kappa shape index (κ2) is 7.81. The van der Waals surface area contributed by atoms with E-state index in [4.69, 9.17) is 16.0 Å². The first-order chi connectivity index (χ1) is 11.6. The average Bonchev–Trinajstić information content (AvgIpc) is 3.09. The van der Waals surface area contributed by atoms with Crippen molar-refractivity contribution in [1.82, 2.24) is 15.2 Å². The fourth-order valence-electron chi connectivity index (χ4n) is 3.00. The zero-order valence-corrected chi connectivity index (χ0v) is 14.6. The number of oxazole rings is 1. The number of hydrogen-bond acceptors (Lipinski definition) is 4. The van der Waals surface area contributed by atoms with Crippen molar-refractivity contribution < 1.29 is 9.21 Å². The molecule has 3 rings (SSSR count). The molecule has 0 radical (unpaired) electrons. The third-order valence-electron chi connectivity index (χ3n) is 4.50. The Morgan fingerprint density at radius 1 is 1.38 bits per heavy atom. The second-order valence-corrected chi connectivity index (χ2v) is 6.49. The van der Waals surface area contributed by atoms with Crippen molar-refractivity contribution in [3.05, 3.63) is 41.4 Å². The van der Waals surface area contributed by atoms with Gasteiger partial charge in [0, 0.05) is 31.5 Å². The number of carbonyl (C=O) groups excluding carboxylic acids is 1. The normalized spacial score (nSPS) is 15.4. The van der Waals surface area contributed by atoms with Gasteiger partial charge in [-0.1, -0.05) is 23.7 Å². The fraction of sp³-hybridized carbons (Fsp3) is 0.444. The summed E-state index contributed by atoms with van der Waals surface area (Å²) in [6, 6.07) is 7.82. The Labute approximate surface area is 147 Å². The van der Waals surface area contributed by atoms with Crippen molar-refractivity contribution in [2.45, 2.75) is 31.7 Å². The van der Waals surface area contributed by atoms with Gasteiger partial charge in [-0.25, -0.2) is 4.98 Å². The van der Waals surface area contributed by atoms with E-state index in [1.807, 2.05) is 36.2 Å². The quantitative estimate of drug-likeness (QED) is 0.902. The van der Waals surface area contributed by atoms with Crippen molar-refractivity contribution in [3.8, 4) is 11.3 Å². The molecular formula is C18H22ClN3O2. The number of nitrogens with one attached hydrogen (secondary N) is 1. The first-order valence-electron chi connectivity index (χ1n) is 8.31. The molecule has 0 aliphatic carbocycles. The van der Waals surface area contributed by atoms with Gasteiger partial charge in [0.05, 0.1) is 11.2 Å². The molecule has 1 aliphatic rings. The Hall–Kier alpha value is -1.85. The lowest BCUT2D eigenvalue weighted by Crippen LogP contribution is -2.44. The number of aryl methyl sites for hydroxylation is 1. The number of carbonyl (C=O) groups is 1.